The number of rotatable bonds is 5. The van der Waals surface area contributed by atoms with E-state index in [0.717, 1.165) is 0 Å². The van der Waals surface area contributed by atoms with E-state index in [-0.39, 0.29) is 18.4 Å². The second-order valence-electron chi connectivity index (χ2n) is 3.14. The van der Waals surface area contributed by atoms with Crippen LogP contribution in [0.4, 0.5) is 0 Å². The molecular formula is C10H17NO2. The molecule has 0 rings (SSSR count). The van der Waals surface area contributed by atoms with Crippen molar-refractivity contribution < 1.29 is 9.84 Å². The van der Waals surface area contributed by atoms with Crippen LogP contribution in [0, 0.1) is 23.2 Å². The van der Waals surface area contributed by atoms with Crippen LogP contribution in [0.1, 0.15) is 20.8 Å². The quantitative estimate of drug-likeness (QED) is 0.660. The fraction of sp³-hybridized carbons (Fsp3) is 0.700. The fourth-order valence-electron chi connectivity index (χ4n) is 0.813. The summed E-state index contributed by atoms with van der Waals surface area (Å²) in [4.78, 5) is 0. The number of nitrogens with zero attached hydrogens (tertiary/aromatic N) is 1. The molecule has 0 aromatic heterocycles. The van der Waals surface area contributed by atoms with Gasteiger partial charge in [0.15, 0.2) is 0 Å². The molecule has 0 amide bonds. The lowest BCUT2D eigenvalue weighted by atomic mass is 10.1. The molecule has 0 fully saturated rings. The topological polar surface area (TPSA) is 53.2 Å². The molecule has 1 N–H and O–H groups in total. The molecule has 0 heterocycles. The Bertz CT molecular complexity index is 205. The first-order chi connectivity index (χ1) is 6.15. The van der Waals surface area contributed by atoms with E-state index in [0.29, 0.717) is 12.4 Å². The van der Waals surface area contributed by atoms with Gasteiger partial charge in [0.05, 0.1) is 12.7 Å². The molecule has 3 nitrogen and oxygen atoms in total. The van der Waals surface area contributed by atoms with E-state index in [1.807, 2.05) is 13.8 Å². The molecule has 0 aliphatic rings. The zero-order valence-corrected chi connectivity index (χ0v) is 8.45. The third-order valence-electron chi connectivity index (χ3n) is 1.75. The van der Waals surface area contributed by atoms with Gasteiger partial charge in [-0.05, 0) is 19.9 Å². The van der Waals surface area contributed by atoms with Crippen LogP contribution >= 0.6 is 0 Å². The lowest BCUT2D eigenvalue weighted by Gasteiger charge is -2.14. The van der Waals surface area contributed by atoms with Gasteiger partial charge in [0, 0.05) is 12.5 Å². The summed E-state index contributed by atoms with van der Waals surface area (Å²) in [5.41, 5.74) is 0. The van der Waals surface area contributed by atoms with E-state index in [1.165, 1.54) is 0 Å². The summed E-state index contributed by atoms with van der Waals surface area (Å²) in [6.07, 6.45) is 1.79. The summed E-state index contributed by atoms with van der Waals surface area (Å²) in [5, 5.41) is 17.4. The number of aliphatic hydroxyl groups excluding tert-OH is 1. The van der Waals surface area contributed by atoms with Crippen molar-refractivity contribution in [3.8, 4) is 6.07 Å². The lowest BCUT2D eigenvalue weighted by Crippen LogP contribution is -2.12. The highest BCUT2D eigenvalue weighted by Crippen LogP contribution is 2.12. The predicted octanol–water partition coefficient (Wildman–Crippen LogP) is 1.69. The maximum absolute atomic E-state index is 8.75. The lowest BCUT2D eigenvalue weighted by molar-refractivity contribution is 0.118. The van der Waals surface area contributed by atoms with Crippen molar-refractivity contribution in [3.63, 3.8) is 0 Å². The van der Waals surface area contributed by atoms with Gasteiger partial charge in [0.2, 0.25) is 0 Å². The molecule has 0 bridgehead atoms. The number of nitriles is 1. The Morgan fingerprint density at radius 1 is 1.62 bits per heavy atom. The van der Waals surface area contributed by atoms with Crippen molar-refractivity contribution in [2.24, 2.45) is 11.8 Å². The zero-order valence-electron chi connectivity index (χ0n) is 8.45. The molecule has 0 saturated carbocycles. The summed E-state index contributed by atoms with van der Waals surface area (Å²) >= 11 is 0. The Morgan fingerprint density at radius 2 is 2.23 bits per heavy atom. The molecule has 0 radical (unpaired) electrons. The number of allylic oxidation sites excluding steroid dienone is 2. The largest absolute Gasteiger partial charge is 0.497 e. The van der Waals surface area contributed by atoms with Crippen LogP contribution in [0.3, 0.4) is 0 Å². The molecule has 0 saturated heterocycles. The summed E-state index contributed by atoms with van der Waals surface area (Å²) in [6.45, 7) is 6.09. The second-order valence-corrected chi connectivity index (χ2v) is 3.14. The Labute approximate surface area is 79.6 Å². The average molecular weight is 183 g/mol. The number of hydrogen-bond donors (Lipinski definition) is 1. The molecule has 0 aliphatic heterocycles. The van der Waals surface area contributed by atoms with Gasteiger partial charge < -0.3 is 9.84 Å². The summed E-state index contributed by atoms with van der Waals surface area (Å²) in [6, 6.07) is 2.10. The van der Waals surface area contributed by atoms with Crippen LogP contribution in [0.2, 0.25) is 0 Å². The van der Waals surface area contributed by atoms with Crippen molar-refractivity contribution >= 4 is 0 Å². The molecule has 2 unspecified atom stereocenters. The monoisotopic (exact) mass is 183 g/mol. The molecular weight excluding hydrogens is 166 g/mol. The molecule has 13 heavy (non-hydrogen) atoms. The summed E-state index contributed by atoms with van der Waals surface area (Å²) < 4.78 is 5.38. The first kappa shape index (κ1) is 12.0. The van der Waals surface area contributed by atoms with Gasteiger partial charge in [0.1, 0.15) is 11.7 Å². The van der Waals surface area contributed by atoms with Crippen LogP contribution in [-0.4, -0.2) is 18.3 Å². The van der Waals surface area contributed by atoms with E-state index in [4.69, 9.17) is 15.1 Å². The Hall–Kier alpha value is -1.01. The Morgan fingerprint density at radius 3 is 2.62 bits per heavy atom. The molecule has 74 valence electrons. The minimum Gasteiger partial charge on any atom is -0.497 e. The van der Waals surface area contributed by atoms with Crippen molar-refractivity contribution in [3.05, 3.63) is 11.8 Å². The molecule has 3 heteroatoms. The van der Waals surface area contributed by atoms with Crippen molar-refractivity contribution in [2.45, 2.75) is 20.8 Å². The number of ether oxygens (including phenoxy) is 1. The highest BCUT2D eigenvalue weighted by atomic mass is 16.5. The van der Waals surface area contributed by atoms with Gasteiger partial charge in [-0.1, -0.05) is 6.92 Å². The molecule has 0 aromatic rings. The zero-order chi connectivity index (χ0) is 10.3. The normalized spacial score (nSPS) is 16.1. The first-order valence-corrected chi connectivity index (χ1v) is 4.45. The van der Waals surface area contributed by atoms with Gasteiger partial charge in [-0.3, -0.25) is 0 Å². The maximum atomic E-state index is 8.75. The number of aliphatic hydroxyl groups is 1. The molecule has 2 atom stereocenters. The first-order valence-electron chi connectivity index (χ1n) is 4.45. The molecule has 0 aromatic carbocycles. The minimum atomic E-state index is -0.212. The third kappa shape index (κ3) is 4.54. The van der Waals surface area contributed by atoms with Gasteiger partial charge in [-0.15, -0.1) is 0 Å². The van der Waals surface area contributed by atoms with Crippen molar-refractivity contribution in [1.29, 1.82) is 5.26 Å². The third-order valence-corrected chi connectivity index (χ3v) is 1.75. The van der Waals surface area contributed by atoms with Crippen LogP contribution in [-0.2, 0) is 4.74 Å². The van der Waals surface area contributed by atoms with Crippen LogP contribution < -0.4 is 0 Å². The van der Waals surface area contributed by atoms with Crippen molar-refractivity contribution in [2.75, 3.05) is 13.2 Å². The van der Waals surface area contributed by atoms with Crippen LogP contribution in [0.25, 0.3) is 0 Å². The fourth-order valence-corrected chi connectivity index (χ4v) is 0.813. The highest BCUT2D eigenvalue weighted by molar-refractivity contribution is 5.05. The standard InChI is InChI=1S/C10H17NO2/c1-4-10(9(3)5-11)13-7-8(2)6-12/h4,8-9,12H,6-7H2,1-3H3/b10-4+. The predicted molar refractivity (Wildman–Crippen MR) is 50.7 cm³/mol. The summed E-state index contributed by atoms with van der Waals surface area (Å²) in [5.74, 6) is 0.583. The van der Waals surface area contributed by atoms with Crippen LogP contribution in [0.15, 0.2) is 11.8 Å². The molecule has 0 spiro atoms. The number of hydrogen-bond acceptors (Lipinski definition) is 3. The maximum Gasteiger partial charge on any atom is 0.109 e. The Kier molecular flexibility index (Phi) is 5.99. The Balaban J connectivity index is 3.96. The van der Waals surface area contributed by atoms with Gasteiger partial charge in [-0.25, -0.2) is 0 Å². The average Bonchev–Trinajstić information content (AvgIpc) is 2.17. The van der Waals surface area contributed by atoms with Gasteiger partial charge >= 0.3 is 0 Å². The second kappa shape index (κ2) is 6.50. The minimum absolute atomic E-state index is 0.109. The highest BCUT2D eigenvalue weighted by Gasteiger charge is 2.09. The smallest absolute Gasteiger partial charge is 0.109 e. The van der Waals surface area contributed by atoms with E-state index in [1.54, 1.807) is 13.0 Å². The SMILES string of the molecule is C/C=C(/OCC(C)CO)C(C)C#N. The van der Waals surface area contributed by atoms with E-state index < -0.39 is 0 Å². The van der Waals surface area contributed by atoms with E-state index in [2.05, 4.69) is 6.07 Å². The van der Waals surface area contributed by atoms with Crippen molar-refractivity contribution in [1.82, 2.24) is 0 Å². The van der Waals surface area contributed by atoms with Gasteiger partial charge in [-0.2, -0.15) is 5.26 Å². The summed E-state index contributed by atoms with van der Waals surface area (Å²) in [7, 11) is 0. The van der Waals surface area contributed by atoms with Gasteiger partial charge in [0.25, 0.3) is 0 Å². The van der Waals surface area contributed by atoms with Crippen LogP contribution in [0.5, 0.6) is 0 Å². The molecule has 0 aliphatic carbocycles. The van der Waals surface area contributed by atoms with E-state index >= 15 is 0 Å². The van der Waals surface area contributed by atoms with E-state index in [9.17, 15) is 0 Å².